The predicted octanol–water partition coefficient (Wildman–Crippen LogP) is 5.23. The molecule has 1 N–H and O–H groups in total. The minimum Gasteiger partial charge on any atom is -0.317 e. The molecule has 2 nitrogen and oxygen atoms in total. The van der Waals surface area contributed by atoms with Crippen LogP contribution in [0.15, 0.2) is 0 Å². The maximum absolute atomic E-state index is 3.59. The van der Waals surface area contributed by atoms with Crippen LogP contribution in [0.4, 0.5) is 0 Å². The van der Waals surface area contributed by atoms with Gasteiger partial charge in [-0.15, -0.1) is 0 Å². The predicted molar refractivity (Wildman–Crippen MR) is 97.1 cm³/mol. The summed E-state index contributed by atoms with van der Waals surface area (Å²) < 4.78 is 0. The van der Waals surface area contributed by atoms with E-state index in [-0.39, 0.29) is 0 Å². The van der Waals surface area contributed by atoms with Gasteiger partial charge in [0.05, 0.1) is 0 Å². The highest BCUT2D eigenvalue weighted by Gasteiger charge is 2.03. The van der Waals surface area contributed by atoms with E-state index in [0.29, 0.717) is 0 Å². The number of nitrogens with one attached hydrogen (secondary N) is 1. The summed E-state index contributed by atoms with van der Waals surface area (Å²) in [5.74, 6) is 0. The molecule has 0 aliphatic carbocycles. The van der Waals surface area contributed by atoms with Crippen LogP contribution in [0.5, 0.6) is 0 Å². The summed E-state index contributed by atoms with van der Waals surface area (Å²) >= 11 is 0. The van der Waals surface area contributed by atoms with E-state index in [0.717, 1.165) is 0 Å². The van der Waals surface area contributed by atoms with Crippen molar-refractivity contribution in [2.75, 3.05) is 32.7 Å². The number of hydrogen-bond acceptors (Lipinski definition) is 2. The van der Waals surface area contributed by atoms with Crippen molar-refractivity contribution in [2.24, 2.45) is 0 Å². The van der Waals surface area contributed by atoms with Crippen molar-refractivity contribution in [3.8, 4) is 0 Å². The molecular formula is C19H42N2. The summed E-state index contributed by atoms with van der Waals surface area (Å²) in [6.07, 6.45) is 15.0. The molecule has 0 rings (SSSR count). The van der Waals surface area contributed by atoms with Gasteiger partial charge in [0.2, 0.25) is 0 Å². The molecule has 0 aliphatic rings. The summed E-state index contributed by atoms with van der Waals surface area (Å²) in [7, 11) is 0. The molecule has 0 atom stereocenters. The molecule has 0 saturated heterocycles. The first-order valence-corrected chi connectivity index (χ1v) is 9.78. The van der Waals surface area contributed by atoms with E-state index >= 15 is 0 Å². The second kappa shape index (κ2) is 18.0. The number of rotatable bonds is 17. The third-order valence-corrected chi connectivity index (χ3v) is 4.19. The van der Waals surface area contributed by atoms with Crippen LogP contribution in [0.2, 0.25) is 0 Å². The molecule has 2 heteroatoms. The van der Waals surface area contributed by atoms with Crippen molar-refractivity contribution < 1.29 is 0 Å². The lowest BCUT2D eigenvalue weighted by Gasteiger charge is -2.22. The topological polar surface area (TPSA) is 15.3 Å². The van der Waals surface area contributed by atoms with Crippen LogP contribution in [0.1, 0.15) is 91.4 Å². The van der Waals surface area contributed by atoms with Gasteiger partial charge in [-0.3, -0.25) is 0 Å². The van der Waals surface area contributed by atoms with E-state index in [1.807, 2.05) is 0 Å². The van der Waals surface area contributed by atoms with Crippen LogP contribution in [0.3, 0.4) is 0 Å². The monoisotopic (exact) mass is 298 g/mol. The molecule has 0 spiro atoms. The Labute approximate surface area is 135 Å². The first-order valence-electron chi connectivity index (χ1n) is 9.78. The van der Waals surface area contributed by atoms with Crippen molar-refractivity contribution >= 4 is 0 Å². The number of nitrogens with zero attached hydrogens (tertiary/aromatic N) is 1. The molecule has 0 aliphatic heterocycles. The lowest BCUT2D eigenvalue weighted by molar-refractivity contribution is 0.258. The highest BCUT2D eigenvalue weighted by atomic mass is 15.1. The Morgan fingerprint density at radius 1 is 0.524 bits per heavy atom. The van der Waals surface area contributed by atoms with Crippen LogP contribution in [0, 0.1) is 0 Å². The highest BCUT2D eigenvalue weighted by Crippen LogP contribution is 2.03. The average molecular weight is 299 g/mol. The van der Waals surface area contributed by atoms with E-state index in [9.17, 15) is 0 Å². The minimum atomic E-state index is 1.21. The Bertz CT molecular complexity index is 182. The fraction of sp³-hybridized carbons (Fsp3) is 1.00. The highest BCUT2D eigenvalue weighted by molar-refractivity contribution is 4.59. The van der Waals surface area contributed by atoms with Crippen molar-refractivity contribution in [3.05, 3.63) is 0 Å². The summed E-state index contributed by atoms with van der Waals surface area (Å²) in [4.78, 5) is 2.69. The third-order valence-electron chi connectivity index (χ3n) is 4.19. The van der Waals surface area contributed by atoms with E-state index in [1.54, 1.807) is 0 Å². The SMILES string of the molecule is CCCCCCNCCCCN(CCCC)CCCCC. The first-order chi connectivity index (χ1) is 10.3. The summed E-state index contributed by atoms with van der Waals surface area (Å²) in [6, 6.07) is 0. The number of unbranched alkanes of at least 4 members (excludes halogenated alkanes) is 7. The molecular weight excluding hydrogens is 256 g/mol. The molecule has 0 radical (unpaired) electrons. The molecule has 0 aromatic carbocycles. The van der Waals surface area contributed by atoms with Crippen LogP contribution >= 0.6 is 0 Å². The normalized spacial score (nSPS) is 11.4. The van der Waals surface area contributed by atoms with Crippen molar-refractivity contribution in [1.29, 1.82) is 0 Å². The van der Waals surface area contributed by atoms with E-state index in [2.05, 4.69) is 31.0 Å². The maximum atomic E-state index is 3.59. The lowest BCUT2D eigenvalue weighted by Crippen LogP contribution is -2.28. The summed E-state index contributed by atoms with van der Waals surface area (Å²) in [5.41, 5.74) is 0. The molecule has 128 valence electrons. The van der Waals surface area contributed by atoms with Gasteiger partial charge in [-0.1, -0.05) is 59.3 Å². The summed E-state index contributed by atoms with van der Waals surface area (Å²) in [5, 5.41) is 3.59. The lowest BCUT2D eigenvalue weighted by atomic mass is 10.2. The zero-order valence-corrected chi connectivity index (χ0v) is 15.3. The first kappa shape index (κ1) is 20.9. The molecule has 21 heavy (non-hydrogen) atoms. The van der Waals surface area contributed by atoms with Gasteiger partial charge in [0, 0.05) is 0 Å². The van der Waals surface area contributed by atoms with Gasteiger partial charge >= 0.3 is 0 Å². The molecule has 0 amide bonds. The van der Waals surface area contributed by atoms with Crippen LogP contribution in [0.25, 0.3) is 0 Å². The Hall–Kier alpha value is -0.0800. The van der Waals surface area contributed by atoms with Crippen LogP contribution in [-0.2, 0) is 0 Å². The zero-order chi connectivity index (χ0) is 15.6. The fourth-order valence-electron chi connectivity index (χ4n) is 2.69. The summed E-state index contributed by atoms with van der Waals surface area (Å²) in [6.45, 7) is 13.2. The molecule has 0 aromatic rings. The average Bonchev–Trinajstić information content (AvgIpc) is 2.50. The quantitative estimate of drug-likeness (QED) is 0.370. The second-order valence-corrected chi connectivity index (χ2v) is 6.42. The Morgan fingerprint density at radius 2 is 1.00 bits per heavy atom. The smallest absolute Gasteiger partial charge is 0.00183 e. The van der Waals surface area contributed by atoms with Gasteiger partial charge in [-0.2, -0.15) is 0 Å². The molecule has 0 saturated carbocycles. The molecule has 0 aromatic heterocycles. The van der Waals surface area contributed by atoms with E-state index in [1.165, 1.54) is 103 Å². The molecule has 0 unspecified atom stereocenters. The third kappa shape index (κ3) is 16.1. The standard InChI is InChI=1S/C19H42N2/c1-4-7-10-11-15-20-16-12-14-19-21(17-9-6-3)18-13-8-5-2/h20H,4-19H2,1-3H3. The zero-order valence-electron chi connectivity index (χ0n) is 15.3. The van der Waals surface area contributed by atoms with Gasteiger partial charge in [-0.05, 0) is 64.8 Å². The van der Waals surface area contributed by atoms with E-state index < -0.39 is 0 Å². The van der Waals surface area contributed by atoms with Gasteiger partial charge in [-0.25, -0.2) is 0 Å². The molecule has 0 fully saturated rings. The Balaban J connectivity index is 3.44. The Kier molecular flexibility index (Phi) is 17.9. The minimum absolute atomic E-state index is 1.21. The largest absolute Gasteiger partial charge is 0.317 e. The van der Waals surface area contributed by atoms with Crippen molar-refractivity contribution in [2.45, 2.75) is 91.4 Å². The Morgan fingerprint density at radius 3 is 1.62 bits per heavy atom. The van der Waals surface area contributed by atoms with Gasteiger partial charge < -0.3 is 10.2 Å². The van der Waals surface area contributed by atoms with Crippen molar-refractivity contribution in [3.63, 3.8) is 0 Å². The van der Waals surface area contributed by atoms with E-state index in [4.69, 9.17) is 0 Å². The van der Waals surface area contributed by atoms with Crippen LogP contribution < -0.4 is 5.32 Å². The number of hydrogen-bond donors (Lipinski definition) is 1. The van der Waals surface area contributed by atoms with Crippen LogP contribution in [-0.4, -0.2) is 37.6 Å². The fourth-order valence-corrected chi connectivity index (χ4v) is 2.69. The van der Waals surface area contributed by atoms with Gasteiger partial charge in [0.1, 0.15) is 0 Å². The maximum Gasteiger partial charge on any atom is -0.00183 e. The molecule has 0 bridgehead atoms. The molecule has 0 heterocycles. The van der Waals surface area contributed by atoms with Gasteiger partial charge in [0.15, 0.2) is 0 Å². The van der Waals surface area contributed by atoms with Gasteiger partial charge in [0.25, 0.3) is 0 Å². The van der Waals surface area contributed by atoms with Crippen molar-refractivity contribution in [1.82, 2.24) is 10.2 Å². The second-order valence-electron chi connectivity index (χ2n) is 6.42.